The summed E-state index contributed by atoms with van der Waals surface area (Å²) in [6.45, 7) is 3.75. The highest BCUT2D eigenvalue weighted by Gasteiger charge is 2.19. The molecule has 0 saturated carbocycles. The number of carbonyl (C=O) groups excluding carboxylic acids is 2. The number of thiazole rings is 1. The van der Waals surface area contributed by atoms with Gasteiger partial charge in [-0.25, -0.2) is 14.8 Å². The Hall–Kier alpha value is -3.98. The van der Waals surface area contributed by atoms with Crippen LogP contribution >= 0.6 is 11.3 Å². The van der Waals surface area contributed by atoms with Crippen LogP contribution < -0.4 is 16.0 Å². The van der Waals surface area contributed by atoms with Crippen LogP contribution in [0.1, 0.15) is 24.2 Å². The van der Waals surface area contributed by atoms with E-state index in [0.29, 0.717) is 16.4 Å². The molecule has 3 N–H and O–H groups in total. The fraction of sp³-hybridized carbons (Fsp3) is 0.167. The molecule has 0 aliphatic heterocycles. The van der Waals surface area contributed by atoms with E-state index in [0.717, 1.165) is 22.0 Å². The fourth-order valence-electron chi connectivity index (χ4n) is 3.24. The number of nitrogens with one attached hydrogen (secondary N) is 3. The van der Waals surface area contributed by atoms with E-state index in [-0.39, 0.29) is 18.0 Å². The molecule has 3 amide bonds. The summed E-state index contributed by atoms with van der Waals surface area (Å²) >= 11 is 1.36. The lowest BCUT2D eigenvalue weighted by atomic mass is 10.1. The van der Waals surface area contributed by atoms with Crippen molar-refractivity contribution in [2.24, 2.45) is 7.05 Å². The Bertz CT molecular complexity index is 1280. The van der Waals surface area contributed by atoms with Gasteiger partial charge in [-0.2, -0.15) is 0 Å². The van der Waals surface area contributed by atoms with Gasteiger partial charge in [0.2, 0.25) is 0 Å². The number of anilines is 2. The summed E-state index contributed by atoms with van der Waals surface area (Å²) in [5, 5.41) is 8.84. The summed E-state index contributed by atoms with van der Waals surface area (Å²) in [5.41, 5.74) is 2.63. The van der Waals surface area contributed by atoms with Crippen molar-refractivity contribution in [2.75, 3.05) is 10.6 Å². The molecule has 33 heavy (non-hydrogen) atoms. The smallest absolute Gasteiger partial charge is 0.319 e. The summed E-state index contributed by atoms with van der Waals surface area (Å²) < 4.78 is 1.92. The molecule has 168 valence electrons. The average Bonchev–Trinajstić information content (AvgIpc) is 3.39. The topological polar surface area (TPSA) is 101 Å². The normalized spacial score (nSPS) is 10.8. The summed E-state index contributed by atoms with van der Waals surface area (Å²) in [4.78, 5) is 34.9. The number of hydrogen-bond acceptors (Lipinski definition) is 5. The molecule has 0 atom stereocenters. The van der Waals surface area contributed by atoms with Crippen molar-refractivity contribution in [3.8, 4) is 22.0 Å². The van der Waals surface area contributed by atoms with Gasteiger partial charge >= 0.3 is 6.03 Å². The molecule has 4 aromatic rings. The molecule has 0 saturated heterocycles. The number of aromatic nitrogens is 3. The second-order valence-corrected chi connectivity index (χ2v) is 8.71. The van der Waals surface area contributed by atoms with Crippen LogP contribution in [0.5, 0.6) is 0 Å². The Morgan fingerprint density at radius 1 is 1.03 bits per heavy atom. The maximum Gasteiger partial charge on any atom is 0.319 e. The number of urea groups is 1. The van der Waals surface area contributed by atoms with Gasteiger partial charge in [0.05, 0.1) is 10.6 Å². The summed E-state index contributed by atoms with van der Waals surface area (Å²) in [7, 11) is 1.92. The van der Waals surface area contributed by atoms with Gasteiger partial charge in [-0.05, 0) is 32.0 Å². The first kappa shape index (κ1) is 22.2. The van der Waals surface area contributed by atoms with Crippen LogP contribution in [-0.4, -0.2) is 32.5 Å². The Labute approximate surface area is 195 Å². The summed E-state index contributed by atoms with van der Waals surface area (Å²) in [6.07, 6.45) is 3.60. The van der Waals surface area contributed by atoms with Crippen LogP contribution in [0.25, 0.3) is 22.0 Å². The number of carbonyl (C=O) groups is 2. The summed E-state index contributed by atoms with van der Waals surface area (Å²) in [5.74, 6) is 0.455. The Balaban J connectivity index is 1.59. The van der Waals surface area contributed by atoms with Gasteiger partial charge in [-0.3, -0.25) is 10.1 Å². The van der Waals surface area contributed by atoms with Gasteiger partial charge in [0.25, 0.3) is 5.91 Å². The van der Waals surface area contributed by atoms with Crippen LogP contribution in [0.4, 0.5) is 15.6 Å². The number of nitrogens with zero attached hydrogens (tertiary/aromatic N) is 3. The first-order chi connectivity index (χ1) is 15.9. The van der Waals surface area contributed by atoms with Crippen molar-refractivity contribution in [3.05, 3.63) is 72.6 Å². The molecule has 2 heterocycles. The van der Waals surface area contributed by atoms with Crippen LogP contribution in [0, 0.1) is 0 Å². The number of amides is 3. The fourth-order valence-corrected chi connectivity index (χ4v) is 4.26. The van der Waals surface area contributed by atoms with E-state index in [4.69, 9.17) is 4.98 Å². The zero-order valence-electron chi connectivity index (χ0n) is 18.5. The van der Waals surface area contributed by atoms with E-state index in [1.807, 2.05) is 62.0 Å². The third kappa shape index (κ3) is 5.27. The summed E-state index contributed by atoms with van der Waals surface area (Å²) in [6, 6.07) is 16.2. The highest BCUT2D eigenvalue weighted by Crippen LogP contribution is 2.38. The molecular weight excluding hydrogens is 436 g/mol. The lowest BCUT2D eigenvalue weighted by Gasteiger charge is -2.11. The van der Waals surface area contributed by atoms with Gasteiger partial charge in [0.1, 0.15) is 0 Å². The van der Waals surface area contributed by atoms with Crippen LogP contribution in [0.15, 0.2) is 67.0 Å². The van der Waals surface area contributed by atoms with Gasteiger partial charge in [0, 0.05) is 42.3 Å². The van der Waals surface area contributed by atoms with Gasteiger partial charge in [-0.15, -0.1) is 0 Å². The molecule has 8 nitrogen and oxygen atoms in total. The quantitative estimate of drug-likeness (QED) is 0.377. The maximum atomic E-state index is 12.9. The monoisotopic (exact) mass is 460 g/mol. The third-order valence-electron chi connectivity index (χ3n) is 4.72. The molecule has 0 bridgehead atoms. The minimum atomic E-state index is -0.324. The lowest BCUT2D eigenvalue weighted by Crippen LogP contribution is -2.34. The number of benzene rings is 2. The number of aryl methyl sites for hydroxylation is 1. The number of imidazole rings is 1. The van der Waals surface area contributed by atoms with E-state index >= 15 is 0 Å². The molecule has 9 heteroatoms. The Kier molecular flexibility index (Phi) is 6.50. The Morgan fingerprint density at radius 2 is 1.82 bits per heavy atom. The molecular formula is C24H24N6O2S. The molecule has 0 unspecified atom stereocenters. The van der Waals surface area contributed by atoms with Crippen LogP contribution in [0.2, 0.25) is 0 Å². The molecule has 2 aromatic heterocycles. The third-order valence-corrected chi connectivity index (χ3v) is 5.69. The minimum Gasteiger partial charge on any atom is -0.336 e. The van der Waals surface area contributed by atoms with E-state index in [1.54, 1.807) is 30.5 Å². The van der Waals surface area contributed by atoms with E-state index in [1.165, 1.54) is 11.3 Å². The second kappa shape index (κ2) is 9.66. The second-order valence-electron chi connectivity index (χ2n) is 7.71. The highest BCUT2D eigenvalue weighted by atomic mass is 32.1. The van der Waals surface area contributed by atoms with Crippen molar-refractivity contribution in [1.82, 2.24) is 19.9 Å². The number of hydrogen-bond donors (Lipinski definition) is 3. The van der Waals surface area contributed by atoms with Gasteiger partial charge in [-0.1, -0.05) is 47.7 Å². The molecule has 0 aliphatic rings. The van der Waals surface area contributed by atoms with Crippen molar-refractivity contribution >= 4 is 34.1 Å². The molecule has 0 fully saturated rings. The lowest BCUT2D eigenvalue weighted by molar-refractivity contribution is 0.102. The Morgan fingerprint density at radius 3 is 2.52 bits per heavy atom. The number of rotatable bonds is 6. The van der Waals surface area contributed by atoms with Crippen molar-refractivity contribution in [2.45, 2.75) is 19.9 Å². The van der Waals surface area contributed by atoms with Crippen molar-refractivity contribution in [3.63, 3.8) is 0 Å². The van der Waals surface area contributed by atoms with Crippen LogP contribution in [0.3, 0.4) is 0 Å². The first-order valence-corrected chi connectivity index (χ1v) is 11.2. The predicted molar refractivity (Wildman–Crippen MR) is 131 cm³/mol. The first-order valence-electron chi connectivity index (χ1n) is 10.4. The standard InChI is InChI=1S/C24H24N6O2S/c1-15(2)26-23(32)27-18-11-7-10-17(14-18)22(31)29-24-28-19(16-8-5-4-6-9-16)20(33-24)21-25-12-13-30(21)3/h4-15H,1-3H3,(H2,26,27,32)(H,28,29,31). The van der Waals surface area contributed by atoms with Crippen molar-refractivity contribution in [1.29, 1.82) is 0 Å². The zero-order chi connectivity index (χ0) is 23.4. The molecule has 2 aromatic carbocycles. The largest absolute Gasteiger partial charge is 0.336 e. The van der Waals surface area contributed by atoms with Gasteiger partial charge < -0.3 is 15.2 Å². The SMILES string of the molecule is CC(C)NC(=O)Nc1cccc(C(=O)Nc2nc(-c3ccccc3)c(-c3nccn3C)s2)c1. The van der Waals surface area contributed by atoms with Gasteiger partial charge in [0.15, 0.2) is 11.0 Å². The highest BCUT2D eigenvalue weighted by molar-refractivity contribution is 7.19. The van der Waals surface area contributed by atoms with E-state index < -0.39 is 0 Å². The zero-order valence-corrected chi connectivity index (χ0v) is 19.3. The molecule has 4 rings (SSSR count). The maximum absolute atomic E-state index is 12.9. The van der Waals surface area contributed by atoms with E-state index in [9.17, 15) is 9.59 Å². The average molecular weight is 461 g/mol. The predicted octanol–water partition coefficient (Wildman–Crippen LogP) is 4.99. The molecule has 0 spiro atoms. The van der Waals surface area contributed by atoms with Crippen molar-refractivity contribution < 1.29 is 9.59 Å². The minimum absolute atomic E-state index is 0.00751. The van der Waals surface area contributed by atoms with Crippen LogP contribution in [-0.2, 0) is 7.05 Å². The molecule has 0 radical (unpaired) electrons. The molecule has 0 aliphatic carbocycles. The van der Waals surface area contributed by atoms with E-state index in [2.05, 4.69) is 20.9 Å².